The van der Waals surface area contributed by atoms with Crippen LogP contribution in [0.3, 0.4) is 0 Å². The van der Waals surface area contributed by atoms with Gasteiger partial charge in [-0.2, -0.15) is 0 Å². The van der Waals surface area contributed by atoms with Crippen molar-refractivity contribution in [3.8, 4) is 0 Å². The van der Waals surface area contributed by atoms with Gasteiger partial charge in [0, 0.05) is 127 Å². The van der Waals surface area contributed by atoms with Gasteiger partial charge in [0.25, 0.3) is 0 Å². The summed E-state index contributed by atoms with van der Waals surface area (Å²) >= 11 is 0. The van der Waals surface area contributed by atoms with Crippen LogP contribution in [0.5, 0.6) is 0 Å². The lowest BCUT2D eigenvalue weighted by Crippen LogP contribution is -2.37. The molecule has 16 aliphatic heterocycles. The molecule has 0 saturated carbocycles. The Morgan fingerprint density at radius 1 is 0.200 bits per heavy atom. The van der Waals surface area contributed by atoms with Crippen molar-refractivity contribution in [2.24, 2.45) is 0 Å². The lowest BCUT2D eigenvalue weighted by molar-refractivity contribution is 0.185. The highest BCUT2D eigenvalue weighted by molar-refractivity contribution is 5.60. The summed E-state index contributed by atoms with van der Waals surface area (Å²) < 4.78 is 86.4. The maximum absolute atomic E-state index is 5.44. The Labute approximate surface area is 563 Å². The molecule has 16 unspecified atom stereocenters. The highest BCUT2D eigenvalue weighted by Gasteiger charge is 2.38. The van der Waals surface area contributed by atoms with E-state index in [1.54, 1.807) is 0 Å². The molecule has 16 fully saturated rings. The summed E-state index contributed by atoms with van der Waals surface area (Å²) in [6.45, 7) is 35.6. The van der Waals surface area contributed by atoms with Crippen LogP contribution in [0.4, 0.5) is 22.7 Å². The molecule has 530 valence electrons. The summed E-state index contributed by atoms with van der Waals surface area (Å²) in [6, 6.07) is 17.7. The molecule has 0 aromatic heterocycles. The van der Waals surface area contributed by atoms with Gasteiger partial charge in [0.15, 0.2) is 0 Å². The van der Waals surface area contributed by atoms with Gasteiger partial charge >= 0.3 is 0 Å². The predicted octanol–water partition coefficient (Wildman–Crippen LogP) is 2.89. The minimum absolute atomic E-state index is 0.378. The maximum Gasteiger partial charge on any atom is 0.0984 e. The Kier molecular flexibility index (Phi) is 23.9. The van der Waals surface area contributed by atoms with E-state index >= 15 is 0 Å². The van der Waals surface area contributed by atoms with Crippen LogP contribution >= 0.6 is 0 Å². The number of epoxide rings is 16. The van der Waals surface area contributed by atoms with E-state index in [4.69, 9.17) is 75.8 Å². The highest BCUT2D eigenvalue weighted by atomic mass is 16.6. The molecular weight excluding hydrogens is 1220 g/mol. The third kappa shape index (κ3) is 27.4. The normalized spacial score (nSPS) is 33.0. The van der Waals surface area contributed by atoms with Crippen LogP contribution in [0, 0.1) is 0 Å². The molecule has 95 heavy (non-hydrogen) atoms. The number of unbranched alkanes of at least 4 members (excludes halogenated alkanes) is 5. The van der Waals surface area contributed by atoms with E-state index in [0.717, 1.165) is 224 Å². The Morgan fingerprint density at radius 2 is 0.368 bits per heavy atom. The lowest BCUT2D eigenvalue weighted by atomic mass is 10.1. The third-order valence-corrected chi connectivity index (χ3v) is 19.8. The second-order valence-corrected chi connectivity index (χ2v) is 29.5. The minimum atomic E-state index is 0.378. The van der Waals surface area contributed by atoms with Crippen molar-refractivity contribution in [1.82, 2.24) is 19.6 Å². The summed E-state index contributed by atoms with van der Waals surface area (Å²) in [6.07, 6.45) is 16.2. The van der Waals surface area contributed by atoms with Gasteiger partial charge in [-0.05, 0) is 87.9 Å². The topological polar surface area (TPSA) is 226 Å². The quantitative estimate of drug-likeness (QED) is 0.0686. The van der Waals surface area contributed by atoms with Gasteiger partial charge in [0.1, 0.15) is 0 Å². The van der Waals surface area contributed by atoms with E-state index in [9.17, 15) is 0 Å². The number of anilines is 4. The van der Waals surface area contributed by atoms with Gasteiger partial charge in [0.2, 0.25) is 0 Å². The second-order valence-electron chi connectivity index (χ2n) is 29.5. The number of hydrogen-bond acceptors (Lipinski definition) is 24. The number of benzene rings is 2. The monoisotopic (exact) mass is 1330 g/mol. The SMILES string of the molecule is C(CCCCN(CC1CO1)CC1CO1)CCCN(CC1CO1)CC1CO1.C(CN(CC1CO1)CC1CO1)CN(CC1CO1)CC1CO1.c1cc(N(CC2CO2)CC2CO2)cc(N(CC2CO2)CC2CO2)c1.c1cc(N(CC2CO2)CC2CO2)ccc1N(CC1CO1)CC1CO1. The number of rotatable bonds is 49. The van der Waals surface area contributed by atoms with Gasteiger partial charge in [-0.15, -0.1) is 0 Å². The molecule has 16 heterocycles. The fourth-order valence-electron chi connectivity index (χ4n) is 12.9. The molecule has 0 aliphatic carbocycles. The van der Waals surface area contributed by atoms with Crippen LogP contribution < -0.4 is 19.6 Å². The molecule has 16 aliphatic rings. The van der Waals surface area contributed by atoms with E-state index in [-0.39, 0.29) is 0 Å². The second kappa shape index (κ2) is 33.5. The zero-order chi connectivity index (χ0) is 63.5. The van der Waals surface area contributed by atoms with Crippen LogP contribution in [0.1, 0.15) is 44.9 Å². The fraction of sp³-hybridized carbons (Fsp3) is 0.831. The molecule has 16 saturated heterocycles. The minimum Gasteiger partial charge on any atom is -0.372 e. The average molecular weight is 1330 g/mol. The first-order valence-corrected chi connectivity index (χ1v) is 36.8. The molecule has 0 spiro atoms. The van der Waals surface area contributed by atoms with Gasteiger partial charge in [0.05, 0.1) is 203 Å². The fourth-order valence-corrected chi connectivity index (χ4v) is 12.9. The van der Waals surface area contributed by atoms with Crippen LogP contribution in [0.2, 0.25) is 0 Å². The Morgan fingerprint density at radius 3 is 0.568 bits per heavy atom. The van der Waals surface area contributed by atoms with Gasteiger partial charge in [-0.3, -0.25) is 19.6 Å². The van der Waals surface area contributed by atoms with Crippen LogP contribution in [-0.4, -0.2) is 354 Å². The number of nitrogens with zero attached hydrogens (tertiary/aromatic N) is 8. The summed E-state index contributed by atoms with van der Waals surface area (Å²) in [5, 5.41) is 0. The van der Waals surface area contributed by atoms with Gasteiger partial charge in [-0.1, -0.05) is 31.7 Å². The van der Waals surface area contributed by atoms with E-state index in [0.29, 0.717) is 97.7 Å². The molecular formula is C71H110N8O16. The molecule has 18 rings (SSSR count). The number of hydrogen-bond donors (Lipinski definition) is 0. The first-order valence-electron chi connectivity index (χ1n) is 36.8. The third-order valence-electron chi connectivity index (χ3n) is 19.8. The Bertz CT molecular complexity index is 2300. The van der Waals surface area contributed by atoms with Crippen molar-refractivity contribution < 1.29 is 75.8 Å². The zero-order valence-electron chi connectivity index (χ0n) is 56.4. The van der Waals surface area contributed by atoms with Crippen molar-refractivity contribution in [2.75, 3.05) is 256 Å². The molecule has 2 aromatic rings. The smallest absolute Gasteiger partial charge is 0.0984 e. The first-order chi connectivity index (χ1) is 46.9. The molecule has 24 heteroatoms. The Hall–Kier alpha value is -3.16. The van der Waals surface area contributed by atoms with Crippen molar-refractivity contribution in [1.29, 1.82) is 0 Å². The molecule has 0 N–H and O–H groups in total. The molecule has 2 aromatic carbocycles. The summed E-state index contributed by atoms with van der Waals surface area (Å²) in [7, 11) is 0. The van der Waals surface area contributed by atoms with Crippen molar-refractivity contribution >= 4 is 22.7 Å². The van der Waals surface area contributed by atoms with E-state index in [1.807, 2.05) is 0 Å². The van der Waals surface area contributed by atoms with E-state index in [2.05, 4.69) is 87.7 Å². The zero-order valence-corrected chi connectivity index (χ0v) is 56.4. The predicted molar refractivity (Wildman–Crippen MR) is 356 cm³/mol. The maximum atomic E-state index is 5.44. The number of ether oxygens (including phenoxy) is 16. The molecule has 0 amide bonds. The summed E-state index contributed by atoms with van der Waals surface area (Å²) in [4.78, 5) is 19.7. The standard InChI is InChI=1S/C20H36N2O4.2C18H24N2O4.C15H26N2O4/c1(3-5-7-21(9-17-13-23-17)10-18-14-24-18)2-4-6-8-22(11-19-15-25-19)12-20-16-26-20;1-2-14(20(7-17-11-23-17)8-18-12-24-18)4-3-13(1)19(5-15-9-21-15)6-16-10-22-16;1-2-13(19(5-15-9-21-15)6-16-10-22-16)4-14(3-1)20(7-17-11-23-17)8-18-12-24-18;1(2-16(4-12-8-18-12)5-13-9-19-13)3-17(6-14-10-20-14)7-15-11-21-15/h17-20H,1-16H2;2*1-4,15-18H,5-12H2;12-15H,1-11H2. The van der Waals surface area contributed by atoms with E-state index < -0.39 is 0 Å². The van der Waals surface area contributed by atoms with Gasteiger partial charge in [-0.25, -0.2) is 0 Å². The molecule has 24 nitrogen and oxygen atoms in total. The summed E-state index contributed by atoms with van der Waals surface area (Å²) in [5.41, 5.74) is 4.99. The van der Waals surface area contributed by atoms with Crippen molar-refractivity contribution in [3.63, 3.8) is 0 Å². The summed E-state index contributed by atoms with van der Waals surface area (Å²) in [5.74, 6) is 0. The molecule has 16 atom stereocenters. The largest absolute Gasteiger partial charge is 0.372 e. The molecule has 0 radical (unpaired) electrons. The highest BCUT2D eigenvalue weighted by Crippen LogP contribution is 2.32. The van der Waals surface area contributed by atoms with Crippen LogP contribution in [0.25, 0.3) is 0 Å². The van der Waals surface area contributed by atoms with Crippen LogP contribution in [-0.2, 0) is 75.8 Å². The lowest BCUT2D eigenvalue weighted by Gasteiger charge is -2.27. The van der Waals surface area contributed by atoms with Crippen LogP contribution in [0.15, 0.2) is 48.5 Å². The van der Waals surface area contributed by atoms with Gasteiger partial charge < -0.3 is 95.4 Å². The van der Waals surface area contributed by atoms with Crippen molar-refractivity contribution in [3.05, 3.63) is 48.5 Å². The average Bonchev–Trinajstić information content (AvgIpc) is 1.93. The van der Waals surface area contributed by atoms with E-state index in [1.165, 1.54) is 80.8 Å². The van der Waals surface area contributed by atoms with Crippen molar-refractivity contribution in [2.45, 2.75) is 143 Å². The molecule has 0 bridgehead atoms. The Balaban J connectivity index is 0.000000104. The first kappa shape index (κ1) is 67.7.